The minimum Gasteiger partial charge on any atom is -0.493 e. The SMILES string of the molecule is CCOc1c(Cl)cc(/C=N\NC(=O)c2c(C)ccc3ccccc23)cc1OC. The van der Waals surface area contributed by atoms with Gasteiger partial charge in [-0.25, -0.2) is 5.43 Å². The second-order valence-electron chi connectivity index (χ2n) is 6.14. The summed E-state index contributed by atoms with van der Waals surface area (Å²) in [6.45, 7) is 4.25. The van der Waals surface area contributed by atoms with E-state index in [1.54, 1.807) is 19.2 Å². The maximum Gasteiger partial charge on any atom is 0.272 e. The molecule has 0 aliphatic heterocycles. The van der Waals surface area contributed by atoms with Gasteiger partial charge in [0.05, 0.1) is 30.5 Å². The van der Waals surface area contributed by atoms with E-state index in [0.717, 1.165) is 16.3 Å². The summed E-state index contributed by atoms with van der Waals surface area (Å²) in [6.07, 6.45) is 1.52. The molecule has 0 saturated carbocycles. The Hall–Kier alpha value is -3.05. The van der Waals surface area contributed by atoms with E-state index in [0.29, 0.717) is 34.3 Å². The molecule has 3 aromatic carbocycles. The first kappa shape index (κ1) is 19.7. The summed E-state index contributed by atoms with van der Waals surface area (Å²) in [5.74, 6) is 0.723. The number of hydrogen-bond donors (Lipinski definition) is 1. The summed E-state index contributed by atoms with van der Waals surface area (Å²) in [6, 6.07) is 15.1. The van der Waals surface area contributed by atoms with E-state index >= 15 is 0 Å². The summed E-state index contributed by atoms with van der Waals surface area (Å²) in [7, 11) is 1.54. The van der Waals surface area contributed by atoms with Gasteiger partial charge in [0.2, 0.25) is 0 Å². The first-order valence-electron chi connectivity index (χ1n) is 8.87. The van der Waals surface area contributed by atoms with Crippen molar-refractivity contribution in [3.05, 3.63) is 70.2 Å². The van der Waals surface area contributed by atoms with Crippen molar-refractivity contribution in [2.24, 2.45) is 5.10 Å². The molecule has 0 radical (unpaired) electrons. The molecular weight excluding hydrogens is 376 g/mol. The summed E-state index contributed by atoms with van der Waals surface area (Å²) < 4.78 is 10.8. The van der Waals surface area contributed by atoms with Crippen molar-refractivity contribution >= 4 is 34.5 Å². The van der Waals surface area contributed by atoms with Gasteiger partial charge in [0.1, 0.15) is 0 Å². The monoisotopic (exact) mass is 396 g/mol. The highest BCUT2D eigenvalue weighted by molar-refractivity contribution is 6.32. The number of halogens is 1. The summed E-state index contributed by atoms with van der Waals surface area (Å²) in [4.78, 5) is 12.7. The van der Waals surface area contributed by atoms with E-state index < -0.39 is 0 Å². The highest BCUT2D eigenvalue weighted by Crippen LogP contribution is 2.36. The van der Waals surface area contributed by atoms with Crippen LogP contribution < -0.4 is 14.9 Å². The van der Waals surface area contributed by atoms with Gasteiger partial charge in [0, 0.05) is 0 Å². The van der Waals surface area contributed by atoms with Crippen LogP contribution in [0.25, 0.3) is 10.8 Å². The standard InChI is InChI=1S/C22H21ClN2O3/c1-4-28-21-18(23)11-15(12-19(21)27-3)13-24-25-22(26)20-14(2)9-10-16-7-5-6-8-17(16)20/h5-13H,4H2,1-3H3,(H,25,26)/b24-13-. The minimum absolute atomic E-state index is 0.269. The van der Waals surface area contributed by atoms with Crippen LogP contribution in [-0.4, -0.2) is 25.8 Å². The topological polar surface area (TPSA) is 59.9 Å². The lowest BCUT2D eigenvalue weighted by Gasteiger charge is -2.11. The van der Waals surface area contributed by atoms with Crippen molar-refractivity contribution < 1.29 is 14.3 Å². The van der Waals surface area contributed by atoms with Crippen molar-refractivity contribution in [2.75, 3.05) is 13.7 Å². The number of carbonyl (C=O) groups excluding carboxylic acids is 1. The Morgan fingerprint density at radius 1 is 1.21 bits per heavy atom. The number of carbonyl (C=O) groups is 1. The molecule has 0 saturated heterocycles. The Balaban J connectivity index is 1.83. The third kappa shape index (κ3) is 4.10. The summed E-state index contributed by atoms with van der Waals surface area (Å²) in [5, 5.41) is 6.39. The van der Waals surface area contributed by atoms with E-state index in [9.17, 15) is 4.79 Å². The van der Waals surface area contributed by atoms with Gasteiger partial charge < -0.3 is 9.47 Å². The maximum atomic E-state index is 12.7. The third-order valence-corrected chi connectivity index (χ3v) is 4.57. The Bertz CT molecular complexity index is 1050. The van der Waals surface area contributed by atoms with Gasteiger partial charge >= 0.3 is 0 Å². The number of fused-ring (bicyclic) bond motifs is 1. The number of rotatable bonds is 6. The highest BCUT2D eigenvalue weighted by atomic mass is 35.5. The Labute approximate surface area is 168 Å². The number of benzene rings is 3. The second kappa shape index (κ2) is 8.76. The van der Waals surface area contributed by atoms with Crippen LogP contribution in [0.2, 0.25) is 5.02 Å². The molecule has 0 fully saturated rings. The molecule has 1 N–H and O–H groups in total. The van der Waals surface area contributed by atoms with Crippen LogP contribution in [0, 0.1) is 6.92 Å². The van der Waals surface area contributed by atoms with Crippen LogP contribution in [0.4, 0.5) is 0 Å². The molecule has 6 heteroatoms. The van der Waals surface area contributed by atoms with Crippen molar-refractivity contribution in [1.29, 1.82) is 0 Å². The van der Waals surface area contributed by atoms with E-state index in [-0.39, 0.29) is 5.91 Å². The number of aryl methyl sites for hydroxylation is 1. The predicted octanol–water partition coefficient (Wildman–Crippen LogP) is 4.97. The number of nitrogens with zero attached hydrogens (tertiary/aromatic N) is 1. The average Bonchev–Trinajstić information content (AvgIpc) is 2.69. The zero-order valence-electron chi connectivity index (χ0n) is 16.0. The first-order chi connectivity index (χ1) is 13.5. The molecule has 0 aliphatic rings. The highest BCUT2D eigenvalue weighted by Gasteiger charge is 2.13. The normalized spacial score (nSPS) is 11.0. The predicted molar refractivity (Wildman–Crippen MR) is 113 cm³/mol. The van der Waals surface area contributed by atoms with Gasteiger partial charge in [0.25, 0.3) is 5.91 Å². The van der Waals surface area contributed by atoms with Crippen molar-refractivity contribution in [2.45, 2.75) is 13.8 Å². The lowest BCUT2D eigenvalue weighted by Crippen LogP contribution is -2.19. The average molecular weight is 397 g/mol. The molecule has 1 amide bonds. The number of amides is 1. The van der Waals surface area contributed by atoms with Crippen LogP contribution in [-0.2, 0) is 0 Å². The molecule has 0 spiro atoms. The largest absolute Gasteiger partial charge is 0.493 e. The molecule has 3 rings (SSSR count). The molecule has 3 aromatic rings. The first-order valence-corrected chi connectivity index (χ1v) is 9.25. The zero-order chi connectivity index (χ0) is 20.1. The lowest BCUT2D eigenvalue weighted by molar-refractivity contribution is 0.0956. The maximum absolute atomic E-state index is 12.7. The summed E-state index contributed by atoms with van der Waals surface area (Å²) in [5.41, 5.74) is 4.77. The van der Waals surface area contributed by atoms with E-state index in [1.807, 2.05) is 50.2 Å². The van der Waals surface area contributed by atoms with Gasteiger partial charge in [0.15, 0.2) is 11.5 Å². The van der Waals surface area contributed by atoms with Crippen LogP contribution in [0.5, 0.6) is 11.5 Å². The number of ether oxygens (including phenoxy) is 2. The summed E-state index contributed by atoms with van der Waals surface area (Å²) >= 11 is 6.26. The molecule has 5 nitrogen and oxygen atoms in total. The van der Waals surface area contributed by atoms with E-state index in [2.05, 4.69) is 10.5 Å². The Morgan fingerprint density at radius 3 is 2.75 bits per heavy atom. The lowest BCUT2D eigenvalue weighted by atomic mass is 9.99. The van der Waals surface area contributed by atoms with Crippen LogP contribution in [0.1, 0.15) is 28.4 Å². The second-order valence-corrected chi connectivity index (χ2v) is 6.55. The van der Waals surface area contributed by atoms with E-state index in [4.69, 9.17) is 21.1 Å². The molecular formula is C22H21ClN2O3. The quantitative estimate of drug-likeness (QED) is 0.472. The smallest absolute Gasteiger partial charge is 0.272 e. The van der Waals surface area contributed by atoms with Gasteiger partial charge in [-0.1, -0.05) is 48.0 Å². The number of nitrogens with one attached hydrogen (secondary N) is 1. The Kier molecular flexibility index (Phi) is 6.16. The fraction of sp³-hybridized carbons (Fsp3) is 0.182. The Morgan fingerprint density at radius 2 is 2.00 bits per heavy atom. The number of methoxy groups -OCH3 is 1. The van der Waals surface area contributed by atoms with Gasteiger partial charge in [-0.15, -0.1) is 0 Å². The zero-order valence-corrected chi connectivity index (χ0v) is 16.7. The van der Waals surface area contributed by atoms with Crippen LogP contribution >= 0.6 is 11.6 Å². The number of hydrazone groups is 1. The van der Waals surface area contributed by atoms with Crippen molar-refractivity contribution in [3.8, 4) is 11.5 Å². The fourth-order valence-electron chi connectivity index (χ4n) is 3.00. The number of hydrogen-bond acceptors (Lipinski definition) is 4. The van der Waals surface area contributed by atoms with Crippen molar-refractivity contribution in [3.63, 3.8) is 0 Å². The van der Waals surface area contributed by atoms with E-state index in [1.165, 1.54) is 6.21 Å². The van der Waals surface area contributed by atoms with Crippen LogP contribution in [0.3, 0.4) is 0 Å². The molecule has 0 bridgehead atoms. The molecule has 0 aliphatic carbocycles. The molecule has 0 atom stereocenters. The molecule has 0 unspecified atom stereocenters. The third-order valence-electron chi connectivity index (χ3n) is 4.28. The molecule has 144 valence electrons. The molecule has 0 heterocycles. The molecule has 0 aromatic heterocycles. The van der Waals surface area contributed by atoms with Crippen molar-refractivity contribution in [1.82, 2.24) is 5.43 Å². The minimum atomic E-state index is -0.269. The van der Waals surface area contributed by atoms with Gasteiger partial charge in [-0.3, -0.25) is 4.79 Å². The van der Waals surface area contributed by atoms with Gasteiger partial charge in [-0.2, -0.15) is 5.10 Å². The fourth-order valence-corrected chi connectivity index (χ4v) is 3.28. The van der Waals surface area contributed by atoms with Crippen LogP contribution in [0.15, 0.2) is 53.6 Å². The van der Waals surface area contributed by atoms with Gasteiger partial charge in [-0.05, 0) is 47.9 Å². The molecule has 28 heavy (non-hydrogen) atoms.